The number of nitrogens with one attached hydrogen (secondary N) is 1. The molecule has 1 saturated heterocycles. The Labute approximate surface area is 168 Å². The molecule has 0 aromatic carbocycles. The molecule has 1 aliphatic heterocycles. The SMILES string of the molecule is N#CCN1CCC(n2cc(-c3cc(N(C=O)C4CC4)nc4[nH]ccc34)cn2)CC1. The Morgan fingerprint density at radius 1 is 1.31 bits per heavy atom. The van der Waals surface area contributed by atoms with E-state index < -0.39 is 0 Å². The van der Waals surface area contributed by atoms with E-state index in [0.29, 0.717) is 18.4 Å². The van der Waals surface area contributed by atoms with Gasteiger partial charge in [0.2, 0.25) is 6.41 Å². The number of amides is 1. The molecule has 1 saturated carbocycles. The van der Waals surface area contributed by atoms with Crippen LogP contribution in [0.15, 0.2) is 30.7 Å². The van der Waals surface area contributed by atoms with Gasteiger partial charge in [-0.2, -0.15) is 10.4 Å². The number of pyridine rings is 1. The molecule has 0 unspecified atom stereocenters. The minimum atomic E-state index is 0.265. The Hall–Kier alpha value is -3.18. The monoisotopic (exact) mass is 389 g/mol. The number of aromatic nitrogens is 4. The molecule has 0 radical (unpaired) electrons. The van der Waals surface area contributed by atoms with Gasteiger partial charge in [-0.25, -0.2) is 4.98 Å². The van der Waals surface area contributed by atoms with E-state index in [1.165, 1.54) is 0 Å². The van der Waals surface area contributed by atoms with Crippen molar-refractivity contribution in [3.05, 3.63) is 30.7 Å². The molecular weight excluding hydrogens is 366 g/mol. The van der Waals surface area contributed by atoms with Gasteiger partial charge >= 0.3 is 0 Å². The number of hydrogen-bond acceptors (Lipinski definition) is 5. The van der Waals surface area contributed by atoms with E-state index in [4.69, 9.17) is 5.26 Å². The maximum atomic E-state index is 11.6. The largest absolute Gasteiger partial charge is 0.346 e. The van der Waals surface area contributed by atoms with Gasteiger partial charge in [-0.05, 0) is 43.4 Å². The minimum Gasteiger partial charge on any atom is -0.346 e. The quantitative estimate of drug-likeness (QED) is 0.517. The first-order valence-electron chi connectivity index (χ1n) is 10.1. The van der Waals surface area contributed by atoms with Crippen LogP contribution >= 0.6 is 0 Å². The minimum absolute atomic E-state index is 0.265. The third-order valence-corrected chi connectivity index (χ3v) is 5.97. The number of hydrogen-bond donors (Lipinski definition) is 1. The van der Waals surface area contributed by atoms with Crippen LogP contribution in [0.4, 0.5) is 5.82 Å². The molecule has 29 heavy (non-hydrogen) atoms. The summed E-state index contributed by atoms with van der Waals surface area (Å²) in [6, 6.07) is 6.86. The number of nitriles is 1. The lowest BCUT2D eigenvalue weighted by atomic mass is 10.0. The Bertz CT molecular complexity index is 1070. The first-order valence-corrected chi connectivity index (χ1v) is 10.1. The average Bonchev–Trinajstić information content (AvgIpc) is 3.26. The summed E-state index contributed by atoms with van der Waals surface area (Å²) < 4.78 is 2.05. The number of fused-ring (bicyclic) bond motifs is 1. The number of nitrogens with zero attached hydrogens (tertiary/aromatic N) is 6. The highest BCUT2D eigenvalue weighted by atomic mass is 16.1. The fourth-order valence-electron chi connectivity index (χ4n) is 4.19. The van der Waals surface area contributed by atoms with E-state index in [9.17, 15) is 4.79 Å². The van der Waals surface area contributed by atoms with Gasteiger partial charge in [-0.15, -0.1) is 0 Å². The lowest BCUT2D eigenvalue weighted by Gasteiger charge is -2.30. The number of anilines is 1. The van der Waals surface area contributed by atoms with Crippen LogP contribution in [-0.2, 0) is 4.79 Å². The van der Waals surface area contributed by atoms with Gasteiger partial charge in [0, 0.05) is 42.5 Å². The zero-order valence-electron chi connectivity index (χ0n) is 16.2. The van der Waals surface area contributed by atoms with E-state index in [-0.39, 0.29) is 6.04 Å². The second kappa shape index (κ2) is 7.33. The number of piperidine rings is 1. The highest BCUT2D eigenvalue weighted by Crippen LogP contribution is 2.35. The number of aromatic amines is 1. The molecule has 148 valence electrons. The van der Waals surface area contributed by atoms with Gasteiger partial charge in [0.1, 0.15) is 11.5 Å². The molecule has 2 aliphatic rings. The van der Waals surface area contributed by atoms with Crippen molar-refractivity contribution < 1.29 is 4.79 Å². The van der Waals surface area contributed by atoms with Crippen LogP contribution in [0.25, 0.3) is 22.2 Å². The summed E-state index contributed by atoms with van der Waals surface area (Å²) in [4.78, 5) is 23.4. The van der Waals surface area contributed by atoms with Crippen LogP contribution in [0.2, 0.25) is 0 Å². The van der Waals surface area contributed by atoms with E-state index in [2.05, 4.69) is 36.9 Å². The van der Waals surface area contributed by atoms with Crippen LogP contribution in [0.1, 0.15) is 31.7 Å². The number of likely N-dealkylation sites (tertiary alicyclic amines) is 1. The smallest absolute Gasteiger partial charge is 0.215 e. The van der Waals surface area contributed by atoms with Gasteiger partial charge in [0.25, 0.3) is 0 Å². The topological polar surface area (TPSA) is 93.8 Å². The molecule has 2 fully saturated rings. The molecule has 3 aromatic heterocycles. The zero-order chi connectivity index (χ0) is 19.8. The second-order valence-corrected chi connectivity index (χ2v) is 7.89. The van der Waals surface area contributed by atoms with Crippen molar-refractivity contribution in [2.45, 2.75) is 37.8 Å². The van der Waals surface area contributed by atoms with Crippen molar-refractivity contribution in [2.75, 3.05) is 24.5 Å². The van der Waals surface area contributed by atoms with Gasteiger partial charge in [0.05, 0.1) is 24.9 Å². The highest BCUT2D eigenvalue weighted by molar-refractivity contribution is 5.95. The van der Waals surface area contributed by atoms with Crippen LogP contribution < -0.4 is 4.90 Å². The molecule has 3 aromatic rings. The molecule has 0 bridgehead atoms. The Morgan fingerprint density at radius 2 is 2.14 bits per heavy atom. The number of carbonyl (C=O) groups is 1. The maximum absolute atomic E-state index is 11.6. The van der Waals surface area contributed by atoms with Crippen molar-refractivity contribution in [1.82, 2.24) is 24.6 Å². The van der Waals surface area contributed by atoms with Crippen molar-refractivity contribution in [2.24, 2.45) is 0 Å². The summed E-state index contributed by atoms with van der Waals surface area (Å²) in [7, 11) is 0. The van der Waals surface area contributed by atoms with Gasteiger partial charge in [-0.3, -0.25) is 19.3 Å². The molecule has 4 heterocycles. The Kier molecular flexibility index (Phi) is 4.52. The predicted molar refractivity (Wildman–Crippen MR) is 109 cm³/mol. The summed E-state index contributed by atoms with van der Waals surface area (Å²) in [6.07, 6.45) is 10.8. The molecule has 8 nitrogen and oxygen atoms in total. The number of H-pyrrole nitrogens is 1. The predicted octanol–water partition coefficient (Wildman–Crippen LogP) is 2.71. The van der Waals surface area contributed by atoms with E-state index in [0.717, 1.165) is 67.3 Å². The molecule has 1 amide bonds. The lowest BCUT2D eigenvalue weighted by Crippen LogP contribution is -2.34. The fourth-order valence-corrected chi connectivity index (χ4v) is 4.19. The summed E-state index contributed by atoms with van der Waals surface area (Å²) in [5, 5.41) is 14.5. The average molecular weight is 389 g/mol. The van der Waals surface area contributed by atoms with Crippen molar-refractivity contribution >= 4 is 23.3 Å². The molecule has 8 heteroatoms. The summed E-state index contributed by atoms with van der Waals surface area (Å²) in [5.74, 6) is 0.685. The molecule has 0 atom stereocenters. The first kappa shape index (κ1) is 17.9. The van der Waals surface area contributed by atoms with Gasteiger partial charge in [-0.1, -0.05) is 0 Å². The van der Waals surface area contributed by atoms with E-state index >= 15 is 0 Å². The lowest BCUT2D eigenvalue weighted by molar-refractivity contribution is -0.107. The zero-order valence-corrected chi connectivity index (χ0v) is 16.2. The first-order chi connectivity index (χ1) is 14.3. The molecule has 1 N–H and O–H groups in total. The highest BCUT2D eigenvalue weighted by Gasteiger charge is 2.30. The van der Waals surface area contributed by atoms with Crippen LogP contribution in [0, 0.1) is 11.3 Å². The van der Waals surface area contributed by atoms with E-state index in [1.807, 2.05) is 24.5 Å². The van der Waals surface area contributed by atoms with Crippen molar-refractivity contribution in [1.29, 1.82) is 5.26 Å². The van der Waals surface area contributed by atoms with Crippen LogP contribution in [0.3, 0.4) is 0 Å². The Balaban J connectivity index is 1.45. The molecule has 0 spiro atoms. The molecular formula is C21H23N7O. The summed E-state index contributed by atoms with van der Waals surface area (Å²) >= 11 is 0. The van der Waals surface area contributed by atoms with Crippen molar-refractivity contribution in [3.8, 4) is 17.2 Å². The maximum Gasteiger partial charge on any atom is 0.215 e. The van der Waals surface area contributed by atoms with Gasteiger partial charge in [0.15, 0.2) is 0 Å². The normalized spacial score (nSPS) is 18.0. The van der Waals surface area contributed by atoms with Gasteiger partial charge < -0.3 is 4.98 Å². The van der Waals surface area contributed by atoms with Crippen LogP contribution in [0.5, 0.6) is 0 Å². The second-order valence-electron chi connectivity index (χ2n) is 7.89. The van der Waals surface area contributed by atoms with Crippen molar-refractivity contribution in [3.63, 3.8) is 0 Å². The standard InChI is InChI=1S/C21H23N7O/c22-6-10-26-8-4-17(5-9-26)28-13-15(12-24-28)19-11-20(27(14-29)16-1-2-16)25-21-18(19)3-7-23-21/h3,7,11-14,16-17H,1-2,4-5,8-10H2,(H,23,25). The number of rotatable bonds is 6. The van der Waals surface area contributed by atoms with E-state index in [1.54, 1.807) is 4.90 Å². The number of carbonyl (C=O) groups excluding carboxylic acids is 1. The summed E-state index contributed by atoms with van der Waals surface area (Å²) in [5.41, 5.74) is 2.84. The molecule has 1 aliphatic carbocycles. The molecule has 5 rings (SSSR count). The third-order valence-electron chi connectivity index (χ3n) is 5.97. The third kappa shape index (κ3) is 3.38. The fraction of sp³-hybridized carbons (Fsp3) is 0.429. The Morgan fingerprint density at radius 3 is 2.86 bits per heavy atom. The van der Waals surface area contributed by atoms with Crippen LogP contribution in [-0.4, -0.2) is 56.7 Å². The summed E-state index contributed by atoms with van der Waals surface area (Å²) in [6.45, 7) is 2.34.